The van der Waals surface area contributed by atoms with E-state index in [2.05, 4.69) is 201 Å². The summed E-state index contributed by atoms with van der Waals surface area (Å²) in [6, 6.07) is 68.3. The summed E-state index contributed by atoms with van der Waals surface area (Å²) in [4.78, 5) is 5.06. The molecule has 0 fully saturated rings. The van der Waals surface area contributed by atoms with Crippen molar-refractivity contribution >= 4 is 57.0 Å². The summed E-state index contributed by atoms with van der Waals surface area (Å²) in [6.07, 6.45) is 0. The largest absolute Gasteiger partial charge is 0.450 e. The number of hydrogen-bond donors (Lipinski definition) is 0. The number of ether oxygens (including phenoxy) is 2. The normalized spacial score (nSPS) is 13.3. The highest BCUT2D eigenvalue weighted by Crippen LogP contribution is 2.53. The Labute approximate surface area is 363 Å². The van der Waals surface area contributed by atoms with Crippen molar-refractivity contribution in [2.24, 2.45) is 0 Å². The molecule has 4 nitrogen and oxygen atoms in total. The number of rotatable bonds is 4. The molecule has 296 valence electrons. The molecular weight excluding hydrogens is 755 g/mol. The minimum atomic E-state index is -0.215. The molecule has 0 N–H and O–H groups in total. The Kier molecular flexibility index (Phi) is 8.08. The third-order valence-electron chi connectivity index (χ3n) is 12.9. The third kappa shape index (κ3) is 5.76. The van der Waals surface area contributed by atoms with Crippen molar-refractivity contribution in [1.82, 2.24) is 0 Å². The van der Waals surface area contributed by atoms with E-state index in [4.69, 9.17) is 9.47 Å². The molecule has 0 spiro atoms. The second kappa shape index (κ2) is 13.8. The van der Waals surface area contributed by atoms with Crippen LogP contribution >= 0.6 is 0 Å². The molecule has 3 aliphatic heterocycles. The van der Waals surface area contributed by atoms with E-state index in [0.29, 0.717) is 23.0 Å². The fraction of sp³-hybridized carbons (Fsp3) is 0.0877. The van der Waals surface area contributed by atoms with Crippen molar-refractivity contribution in [2.45, 2.75) is 33.1 Å². The van der Waals surface area contributed by atoms with Crippen LogP contribution in [0.3, 0.4) is 0 Å². The van der Waals surface area contributed by atoms with Crippen LogP contribution in [0.4, 0.5) is 28.4 Å². The van der Waals surface area contributed by atoms with Crippen LogP contribution in [0.25, 0.3) is 44.2 Å². The Morgan fingerprint density at radius 2 is 1.03 bits per heavy atom. The maximum Gasteiger partial charge on any atom is 0.333 e. The SMILES string of the molecule is Cc1cc(C(C)(C)C)ccc1N1c2cc3c(cc2B2c4c(cc(-c5ccccc5)cc41)-c1cc4ccccc4cc1N2c1ccc(-c2ccccc2)cc1)Oc1ccccc1O3. The van der Waals surface area contributed by atoms with Gasteiger partial charge in [0, 0.05) is 40.1 Å². The molecule has 0 radical (unpaired) electrons. The van der Waals surface area contributed by atoms with Crippen LogP contribution in [-0.4, -0.2) is 6.85 Å². The van der Waals surface area contributed by atoms with E-state index >= 15 is 0 Å². The predicted molar refractivity (Wildman–Crippen MR) is 259 cm³/mol. The van der Waals surface area contributed by atoms with Gasteiger partial charge in [-0.1, -0.05) is 142 Å². The summed E-state index contributed by atoms with van der Waals surface area (Å²) in [7, 11) is 0. The minimum absolute atomic E-state index is 0.00126. The minimum Gasteiger partial charge on any atom is -0.450 e. The number of anilines is 5. The van der Waals surface area contributed by atoms with Gasteiger partial charge in [-0.2, -0.15) is 0 Å². The van der Waals surface area contributed by atoms with Crippen molar-refractivity contribution in [3.63, 3.8) is 0 Å². The van der Waals surface area contributed by atoms with Crippen molar-refractivity contribution in [1.29, 1.82) is 0 Å². The van der Waals surface area contributed by atoms with E-state index in [1.165, 1.54) is 60.7 Å². The molecule has 0 bridgehead atoms. The highest BCUT2D eigenvalue weighted by molar-refractivity contribution is 6.93. The lowest BCUT2D eigenvalue weighted by Gasteiger charge is -2.46. The van der Waals surface area contributed by atoms with Crippen molar-refractivity contribution < 1.29 is 9.47 Å². The standard InChI is InChI=1S/C57H43BN2O2/c1-36-29-43(57(2,3)4)25-28-48(36)59-50-35-55-54(61-52-21-13-14-22-53(52)62-55)34-47(50)58-56-46(31-42(33-51(56)59)38-17-9-6-10-18-38)45-30-40-19-11-12-20-41(40)32-49(45)60(58)44-26-23-39(24-27-44)37-15-7-5-8-16-37/h5-35H,1-4H3. The van der Waals surface area contributed by atoms with Gasteiger partial charge in [-0.05, 0) is 134 Å². The molecule has 0 amide bonds. The molecule has 62 heavy (non-hydrogen) atoms. The molecule has 0 aromatic heterocycles. The van der Waals surface area contributed by atoms with E-state index < -0.39 is 0 Å². The van der Waals surface area contributed by atoms with Crippen LogP contribution < -0.4 is 30.1 Å². The van der Waals surface area contributed by atoms with Crippen LogP contribution in [0.2, 0.25) is 0 Å². The summed E-state index contributed by atoms with van der Waals surface area (Å²) in [6.45, 7) is 8.88. The van der Waals surface area contributed by atoms with E-state index in [-0.39, 0.29) is 12.3 Å². The lowest BCUT2D eigenvalue weighted by Crippen LogP contribution is -2.61. The lowest BCUT2D eigenvalue weighted by atomic mass is 9.43. The number of nitrogens with zero attached hydrogens (tertiary/aromatic N) is 2. The molecule has 9 aromatic carbocycles. The summed E-state index contributed by atoms with van der Waals surface area (Å²) in [5.74, 6) is 2.82. The van der Waals surface area contributed by atoms with E-state index in [1.807, 2.05) is 24.3 Å². The predicted octanol–water partition coefficient (Wildman–Crippen LogP) is 14.4. The zero-order valence-corrected chi connectivity index (χ0v) is 35.2. The Morgan fingerprint density at radius 3 is 1.69 bits per heavy atom. The number of fused-ring (bicyclic) bond motifs is 7. The molecule has 9 aromatic rings. The lowest BCUT2D eigenvalue weighted by molar-refractivity contribution is 0.360. The molecule has 0 saturated heterocycles. The average Bonchev–Trinajstić information content (AvgIpc) is 3.30. The number of benzene rings is 9. The molecule has 3 aliphatic rings. The van der Waals surface area contributed by atoms with Crippen molar-refractivity contribution in [2.75, 3.05) is 9.71 Å². The fourth-order valence-electron chi connectivity index (χ4n) is 9.82. The second-order valence-corrected chi connectivity index (χ2v) is 17.8. The highest BCUT2D eigenvalue weighted by Gasteiger charge is 2.46. The zero-order valence-electron chi connectivity index (χ0n) is 35.2. The molecule has 0 saturated carbocycles. The molecule has 0 unspecified atom stereocenters. The van der Waals surface area contributed by atoms with Gasteiger partial charge in [0.05, 0.1) is 0 Å². The van der Waals surface area contributed by atoms with Gasteiger partial charge in [0.2, 0.25) is 0 Å². The fourth-order valence-corrected chi connectivity index (χ4v) is 9.82. The van der Waals surface area contributed by atoms with Gasteiger partial charge < -0.3 is 19.2 Å². The number of para-hydroxylation sites is 2. The van der Waals surface area contributed by atoms with Gasteiger partial charge in [0.25, 0.3) is 0 Å². The van der Waals surface area contributed by atoms with E-state index in [0.717, 1.165) is 33.9 Å². The molecule has 12 rings (SSSR count). The van der Waals surface area contributed by atoms with Gasteiger partial charge in [0.15, 0.2) is 23.0 Å². The average molecular weight is 799 g/mol. The maximum absolute atomic E-state index is 6.74. The highest BCUT2D eigenvalue weighted by atomic mass is 16.6. The van der Waals surface area contributed by atoms with Crippen molar-refractivity contribution in [3.8, 4) is 56.4 Å². The van der Waals surface area contributed by atoms with Gasteiger partial charge in [-0.15, -0.1) is 0 Å². The van der Waals surface area contributed by atoms with E-state index in [9.17, 15) is 0 Å². The third-order valence-corrected chi connectivity index (χ3v) is 12.9. The zero-order chi connectivity index (χ0) is 41.7. The number of hydrogen-bond acceptors (Lipinski definition) is 4. The first-order valence-corrected chi connectivity index (χ1v) is 21.5. The first-order valence-electron chi connectivity index (χ1n) is 21.5. The van der Waals surface area contributed by atoms with Gasteiger partial charge in [-0.25, -0.2) is 0 Å². The Bertz CT molecular complexity index is 3250. The first-order chi connectivity index (χ1) is 30.3. The van der Waals surface area contributed by atoms with Gasteiger partial charge in [0.1, 0.15) is 0 Å². The molecule has 3 heterocycles. The number of aryl methyl sites for hydroxylation is 1. The van der Waals surface area contributed by atoms with Crippen LogP contribution in [0, 0.1) is 6.92 Å². The van der Waals surface area contributed by atoms with Crippen LogP contribution in [0.5, 0.6) is 23.0 Å². The summed E-state index contributed by atoms with van der Waals surface area (Å²) in [5, 5.41) is 2.41. The molecule has 0 aliphatic carbocycles. The molecule has 0 atom stereocenters. The Balaban J connectivity index is 1.19. The van der Waals surface area contributed by atoms with Crippen LogP contribution in [0.1, 0.15) is 31.9 Å². The topological polar surface area (TPSA) is 24.9 Å². The van der Waals surface area contributed by atoms with Gasteiger partial charge in [-0.3, -0.25) is 0 Å². The summed E-state index contributed by atoms with van der Waals surface area (Å²) in [5.41, 5.74) is 17.7. The smallest absolute Gasteiger partial charge is 0.333 e. The first kappa shape index (κ1) is 36.4. The maximum atomic E-state index is 6.74. The van der Waals surface area contributed by atoms with Crippen LogP contribution in [-0.2, 0) is 5.41 Å². The van der Waals surface area contributed by atoms with Gasteiger partial charge >= 0.3 is 6.85 Å². The Hall–Kier alpha value is -7.50. The van der Waals surface area contributed by atoms with Crippen LogP contribution in [0.15, 0.2) is 188 Å². The summed E-state index contributed by atoms with van der Waals surface area (Å²) < 4.78 is 13.5. The molecular formula is C57H43BN2O2. The summed E-state index contributed by atoms with van der Waals surface area (Å²) >= 11 is 0. The quantitative estimate of drug-likeness (QED) is 0.166. The molecule has 5 heteroatoms. The second-order valence-electron chi connectivity index (χ2n) is 17.8. The van der Waals surface area contributed by atoms with Crippen molar-refractivity contribution in [3.05, 3.63) is 199 Å². The Morgan fingerprint density at radius 1 is 0.435 bits per heavy atom. The monoisotopic (exact) mass is 798 g/mol. The van der Waals surface area contributed by atoms with E-state index in [1.54, 1.807) is 0 Å².